The maximum atomic E-state index is 12.5. The number of nitrogens with one attached hydrogen (secondary N) is 1. The number of carbonyl (C=O) groups excluding carboxylic acids is 1. The molecule has 6 heteroatoms. The lowest BCUT2D eigenvalue weighted by atomic mass is 10.1. The largest absolute Gasteiger partial charge is 0.493 e. The summed E-state index contributed by atoms with van der Waals surface area (Å²) >= 11 is 0. The smallest absolute Gasteiger partial charge is 0.255 e. The Morgan fingerprint density at radius 3 is 2.33 bits per heavy atom. The molecule has 1 N–H and O–H groups in total. The van der Waals surface area contributed by atoms with Gasteiger partial charge >= 0.3 is 0 Å². The molecule has 0 aliphatic carbocycles. The predicted molar refractivity (Wildman–Crippen MR) is 93.0 cm³/mol. The Hall–Kier alpha value is -2.34. The maximum absolute atomic E-state index is 12.5. The topological polar surface area (TPSA) is 72.5 Å². The highest BCUT2D eigenvalue weighted by Crippen LogP contribution is 2.20. The van der Waals surface area contributed by atoms with Crippen LogP contribution >= 0.6 is 0 Å². The number of amides is 1. The Labute approximate surface area is 142 Å². The van der Waals surface area contributed by atoms with Crippen LogP contribution < -0.4 is 10.1 Å². The molecule has 0 aromatic heterocycles. The van der Waals surface area contributed by atoms with E-state index in [0.29, 0.717) is 17.9 Å². The van der Waals surface area contributed by atoms with E-state index in [4.69, 9.17) is 4.74 Å². The molecular weight excluding hydrogens is 326 g/mol. The van der Waals surface area contributed by atoms with Crippen molar-refractivity contribution in [2.45, 2.75) is 24.8 Å². The minimum atomic E-state index is -3.23. The van der Waals surface area contributed by atoms with Crippen LogP contribution in [0.1, 0.15) is 35.8 Å². The Balaban J connectivity index is 2.14. The molecule has 2 aromatic rings. The Kier molecular flexibility index (Phi) is 5.62. The first-order valence-electron chi connectivity index (χ1n) is 7.65. The fourth-order valence-electron chi connectivity index (χ4n) is 2.30. The second kappa shape index (κ2) is 7.49. The molecule has 0 heterocycles. The summed E-state index contributed by atoms with van der Waals surface area (Å²) in [6.45, 7) is 4.18. The molecule has 128 valence electrons. The molecule has 0 aliphatic heterocycles. The van der Waals surface area contributed by atoms with Gasteiger partial charge < -0.3 is 10.1 Å². The quantitative estimate of drug-likeness (QED) is 0.872. The third-order valence-corrected chi connectivity index (χ3v) is 4.72. The molecule has 0 radical (unpaired) electrons. The highest BCUT2D eigenvalue weighted by atomic mass is 32.2. The molecule has 1 unspecified atom stereocenters. The van der Waals surface area contributed by atoms with Crippen molar-refractivity contribution in [3.63, 3.8) is 0 Å². The monoisotopic (exact) mass is 347 g/mol. The second-order valence-corrected chi connectivity index (χ2v) is 7.48. The number of sulfone groups is 1. The van der Waals surface area contributed by atoms with Crippen molar-refractivity contribution in [2.75, 3.05) is 12.9 Å². The number of benzene rings is 2. The summed E-state index contributed by atoms with van der Waals surface area (Å²) in [4.78, 5) is 12.7. The van der Waals surface area contributed by atoms with Gasteiger partial charge in [0, 0.05) is 6.26 Å². The van der Waals surface area contributed by atoms with Crippen molar-refractivity contribution in [3.8, 4) is 5.75 Å². The summed E-state index contributed by atoms with van der Waals surface area (Å²) in [5.74, 6) is 0.302. The molecule has 1 atom stereocenters. The van der Waals surface area contributed by atoms with Crippen molar-refractivity contribution in [2.24, 2.45) is 0 Å². The molecule has 24 heavy (non-hydrogen) atoms. The van der Waals surface area contributed by atoms with Gasteiger partial charge in [-0.3, -0.25) is 4.79 Å². The lowest BCUT2D eigenvalue weighted by Gasteiger charge is -2.16. The van der Waals surface area contributed by atoms with Gasteiger partial charge in [-0.2, -0.15) is 0 Å². The van der Waals surface area contributed by atoms with E-state index in [1.807, 2.05) is 19.9 Å². The van der Waals surface area contributed by atoms with Crippen LogP contribution in [0.3, 0.4) is 0 Å². The van der Waals surface area contributed by atoms with Crippen LogP contribution in [0.2, 0.25) is 0 Å². The van der Waals surface area contributed by atoms with Gasteiger partial charge in [0.1, 0.15) is 5.75 Å². The fourth-order valence-corrected chi connectivity index (χ4v) is 2.93. The van der Waals surface area contributed by atoms with Crippen LogP contribution in [0.4, 0.5) is 0 Å². The van der Waals surface area contributed by atoms with Crippen molar-refractivity contribution >= 4 is 15.7 Å². The maximum Gasteiger partial charge on any atom is 0.255 e. The molecule has 2 rings (SSSR count). The van der Waals surface area contributed by atoms with E-state index in [0.717, 1.165) is 11.8 Å². The minimum absolute atomic E-state index is 0.237. The first-order valence-corrected chi connectivity index (χ1v) is 9.54. The van der Waals surface area contributed by atoms with Gasteiger partial charge in [-0.25, -0.2) is 8.42 Å². The zero-order chi connectivity index (χ0) is 17.7. The van der Waals surface area contributed by atoms with Crippen LogP contribution in [0.5, 0.6) is 5.75 Å². The van der Waals surface area contributed by atoms with E-state index in [1.54, 1.807) is 42.5 Å². The Morgan fingerprint density at radius 1 is 1.12 bits per heavy atom. The number of para-hydroxylation sites is 1. The van der Waals surface area contributed by atoms with Crippen LogP contribution in [0.25, 0.3) is 0 Å². The van der Waals surface area contributed by atoms with Gasteiger partial charge in [-0.1, -0.05) is 24.3 Å². The zero-order valence-electron chi connectivity index (χ0n) is 13.9. The average Bonchev–Trinajstić information content (AvgIpc) is 2.55. The summed E-state index contributed by atoms with van der Waals surface area (Å²) in [6.07, 6.45) is 1.16. The second-order valence-electron chi connectivity index (χ2n) is 5.47. The summed E-state index contributed by atoms with van der Waals surface area (Å²) in [5, 5.41) is 2.90. The standard InChI is InChI=1S/C18H21NO4S/c1-4-23-17-8-6-5-7-16(17)18(20)19-13(2)14-9-11-15(12-10-14)24(3,21)22/h5-13H,4H2,1-3H3,(H,19,20). The molecule has 0 bridgehead atoms. The van der Waals surface area contributed by atoms with Crippen LogP contribution in [-0.4, -0.2) is 27.2 Å². The molecule has 2 aromatic carbocycles. The van der Waals surface area contributed by atoms with Crippen molar-refractivity contribution in [1.29, 1.82) is 0 Å². The lowest BCUT2D eigenvalue weighted by Crippen LogP contribution is -2.27. The molecule has 0 saturated carbocycles. The lowest BCUT2D eigenvalue weighted by molar-refractivity contribution is 0.0936. The van der Waals surface area contributed by atoms with Gasteiger partial charge in [0.25, 0.3) is 5.91 Å². The molecule has 0 spiro atoms. The third kappa shape index (κ3) is 4.35. The summed E-state index contributed by atoms with van der Waals surface area (Å²) in [7, 11) is -3.23. The number of rotatable bonds is 6. The Morgan fingerprint density at radius 2 is 1.75 bits per heavy atom. The van der Waals surface area contributed by atoms with E-state index in [-0.39, 0.29) is 16.8 Å². The predicted octanol–water partition coefficient (Wildman–Crippen LogP) is 2.98. The van der Waals surface area contributed by atoms with Crippen molar-refractivity contribution in [3.05, 3.63) is 59.7 Å². The Bertz CT molecular complexity index is 813. The van der Waals surface area contributed by atoms with E-state index in [9.17, 15) is 13.2 Å². The summed E-state index contributed by atoms with van der Waals surface area (Å²) in [6, 6.07) is 13.3. The average molecular weight is 347 g/mol. The van der Waals surface area contributed by atoms with Crippen LogP contribution in [-0.2, 0) is 9.84 Å². The van der Waals surface area contributed by atoms with E-state index in [2.05, 4.69) is 5.32 Å². The van der Waals surface area contributed by atoms with Crippen molar-refractivity contribution < 1.29 is 17.9 Å². The SMILES string of the molecule is CCOc1ccccc1C(=O)NC(C)c1ccc(S(C)(=O)=O)cc1. The van der Waals surface area contributed by atoms with E-state index in [1.165, 1.54) is 0 Å². The van der Waals surface area contributed by atoms with Gasteiger partial charge in [0.15, 0.2) is 9.84 Å². The highest BCUT2D eigenvalue weighted by Gasteiger charge is 2.16. The summed E-state index contributed by atoms with van der Waals surface area (Å²) < 4.78 is 28.5. The normalized spacial score (nSPS) is 12.5. The zero-order valence-corrected chi connectivity index (χ0v) is 14.8. The first-order chi connectivity index (χ1) is 11.3. The molecule has 0 saturated heterocycles. The molecular formula is C18H21NO4S. The third-order valence-electron chi connectivity index (χ3n) is 3.59. The van der Waals surface area contributed by atoms with E-state index < -0.39 is 9.84 Å². The molecule has 0 fully saturated rings. The van der Waals surface area contributed by atoms with Gasteiger partial charge in [-0.05, 0) is 43.7 Å². The molecule has 5 nitrogen and oxygen atoms in total. The summed E-state index contributed by atoms with van der Waals surface area (Å²) in [5.41, 5.74) is 1.29. The van der Waals surface area contributed by atoms with Crippen LogP contribution in [0, 0.1) is 0 Å². The number of ether oxygens (including phenoxy) is 1. The minimum Gasteiger partial charge on any atom is -0.493 e. The number of carbonyl (C=O) groups is 1. The molecule has 0 aliphatic rings. The number of hydrogen-bond donors (Lipinski definition) is 1. The van der Waals surface area contributed by atoms with Gasteiger partial charge in [0.2, 0.25) is 0 Å². The van der Waals surface area contributed by atoms with Gasteiger partial charge in [0.05, 0.1) is 23.1 Å². The number of hydrogen-bond acceptors (Lipinski definition) is 4. The van der Waals surface area contributed by atoms with Crippen molar-refractivity contribution in [1.82, 2.24) is 5.32 Å². The fraction of sp³-hybridized carbons (Fsp3) is 0.278. The first kappa shape index (κ1) is 18.0. The van der Waals surface area contributed by atoms with Gasteiger partial charge in [-0.15, -0.1) is 0 Å². The van der Waals surface area contributed by atoms with Crippen LogP contribution in [0.15, 0.2) is 53.4 Å². The molecule has 1 amide bonds. The van der Waals surface area contributed by atoms with E-state index >= 15 is 0 Å². The highest BCUT2D eigenvalue weighted by molar-refractivity contribution is 7.90.